The molecule has 0 amide bonds. The van der Waals surface area contributed by atoms with Crippen molar-refractivity contribution in [2.45, 2.75) is 32.1 Å². The van der Waals surface area contributed by atoms with E-state index in [-0.39, 0.29) is 6.04 Å². The monoisotopic (exact) mass is 160 g/mol. The molecule has 0 aromatic heterocycles. The number of halogens is 1. The van der Waals surface area contributed by atoms with E-state index in [1.807, 2.05) is 7.05 Å². The molecule has 1 aliphatic rings. The van der Waals surface area contributed by atoms with Gasteiger partial charge in [-0.25, -0.2) is 4.39 Å². The van der Waals surface area contributed by atoms with E-state index in [1.54, 1.807) is 0 Å². The summed E-state index contributed by atoms with van der Waals surface area (Å²) in [6.07, 6.45) is -0.692. The van der Waals surface area contributed by atoms with Crippen LogP contribution in [-0.4, -0.2) is 43.3 Å². The van der Waals surface area contributed by atoms with Gasteiger partial charge in [0.2, 0.25) is 0 Å². The van der Waals surface area contributed by atoms with Crippen molar-refractivity contribution in [3.8, 4) is 0 Å². The summed E-state index contributed by atoms with van der Waals surface area (Å²) in [7, 11) is 1.82. The van der Waals surface area contributed by atoms with Crippen LogP contribution in [0.4, 0.5) is 4.39 Å². The maximum atomic E-state index is 13.1. The van der Waals surface area contributed by atoms with Crippen LogP contribution < -0.4 is 5.32 Å². The minimum Gasteiger partial charge on any atom is -0.313 e. The van der Waals surface area contributed by atoms with E-state index in [1.165, 1.54) is 0 Å². The van der Waals surface area contributed by atoms with Gasteiger partial charge in [-0.1, -0.05) is 0 Å². The summed E-state index contributed by atoms with van der Waals surface area (Å²) < 4.78 is 13.1. The molecule has 0 aromatic carbocycles. The Hall–Kier alpha value is -0.150. The summed E-state index contributed by atoms with van der Waals surface area (Å²) in [5.74, 6) is 0. The van der Waals surface area contributed by atoms with Gasteiger partial charge in [0.1, 0.15) is 6.17 Å². The molecule has 1 heterocycles. The second-order valence-electron chi connectivity index (χ2n) is 3.46. The van der Waals surface area contributed by atoms with Gasteiger partial charge in [0.15, 0.2) is 0 Å². The number of nitrogens with zero attached hydrogens (tertiary/aromatic N) is 1. The molecule has 3 heteroatoms. The highest BCUT2D eigenvalue weighted by atomic mass is 19.1. The molecule has 11 heavy (non-hydrogen) atoms. The van der Waals surface area contributed by atoms with Crippen LogP contribution in [0.15, 0.2) is 0 Å². The highest BCUT2D eigenvalue weighted by Crippen LogP contribution is 2.15. The lowest BCUT2D eigenvalue weighted by atomic mass is 10.2. The Kier molecular flexibility index (Phi) is 2.84. The molecule has 0 aliphatic carbocycles. The fraction of sp³-hybridized carbons (Fsp3) is 1.00. The molecule has 1 aliphatic heterocycles. The molecule has 1 rings (SSSR count). The maximum absolute atomic E-state index is 13.1. The van der Waals surface area contributed by atoms with Gasteiger partial charge in [0, 0.05) is 19.1 Å². The first-order valence-electron chi connectivity index (χ1n) is 4.20. The predicted octanol–water partition coefficient (Wildman–Crippen LogP) is 0.636. The Balaban J connectivity index is 2.43. The van der Waals surface area contributed by atoms with E-state index in [4.69, 9.17) is 0 Å². The number of alkyl halides is 1. The molecule has 0 bridgehead atoms. The third-order valence-corrected chi connectivity index (χ3v) is 2.38. The van der Waals surface area contributed by atoms with Gasteiger partial charge in [0.05, 0.1) is 6.04 Å². The topological polar surface area (TPSA) is 15.3 Å². The Morgan fingerprint density at radius 1 is 1.45 bits per heavy atom. The molecule has 0 unspecified atom stereocenters. The van der Waals surface area contributed by atoms with Gasteiger partial charge in [-0.05, 0) is 20.9 Å². The van der Waals surface area contributed by atoms with Crippen molar-refractivity contribution in [3.05, 3.63) is 0 Å². The summed E-state index contributed by atoms with van der Waals surface area (Å²) >= 11 is 0. The van der Waals surface area contributed by atoms with Crippen molar-refractivity contribution in [2.75, 3.05) is 20.1 Å². The van der Waals surface area contributed by atoms with Gasteiger partial charge < -0.3 is 5.32 Å². The smallest absolute Gasteiger partial charge is 0.129 e. The Labute approximate surface area is 67.8 Å². The van der Waals surface area contributed by atoms with Gasteiger partial charge >= 0.3 is 0 Å². The van der Waals surface area contributed by atoms with Crippen molar-refractivity contribution in [1.82, 2.24) is 10.2 Å². The molecule has 66 valence electrons. The SMILES string of the molecule is CN[C@H]1CN(C(C)C)C[C@H]1F. The fourth-order valence-electron chi connectivity index (χ4n) is 1.49. The third-order valence-electron chi connectivity index (χ3n) is 2.38. The summed E-state index contributed by atoms with van der Waals surface area (Å²) in [5.41, 5.74) is 0. The first-order valence-corrected chi connectivity index (χ1v) is 4.20. The maximum Gasteiger partial charge on any atom is 0.129 e. The van der Waals surface area contributed by atoms with Crippen molar-refractivity contribution in [2.24, 2.45) is 0 Å². The van der Waals surface area contributed by atoms with E-state index in [0.29, 0.717) is 12.6 Å². The average molecular weight is 160 g/mol. The van der Waals surface area contributed by atoms with E-state index in [2.05, 4.69) is 24.1 Å². The molecule has 2 atom stereocenters. The Morgan fingerprint density at radius 2 is 2.09 bits per heavy atom. The lowest BCUT2D eigenvalue weighted by Crippen LogP contribution is -2.35. The van der Waals surface area contributed by atoms with Gasteiger partial charge in [-0.2, -0.15) is 0 Å². The van der Waals surface area contributed by atoms with Crippen molar-refractivity contribution >= 4 is 0 Å². The van der Waals surface area contributed by atoms with Crippen LogP contribution in [0.25, 0.3) is 0 Å². The number of rotatable bonds is 2. The van der Waals surface area contributed by atoms with Crippen molar-refractivity contribution < 1.29 is 4.39 Å². The normalized spacial score (nSPS) is 33.5. The highest BCUT2D eigenvalue weighted by molar-refractivity contribution is 4.89. The van der Waals surface area contributed by atoms with E-state index in [0.717, 1.165) is 6.54 Å². The Bertz CT molecular complexity index is 127. The quantitative estimate of drug-likeness (QED) is 0.637. The first kappa shape index (κ1) is 8.94. The minimum atomic E-state index is -0.692. The van der Waals surface area contributed by atoms with E-state index < -0.39 is 6.17 Å². The molecule has 2 nitrogen and oxygen atoms in total. The number of nitrogens with one attached hydrogen (secondary N) is 1. The molecule has 1 saturated heterocycles. The number of hydrogen-bond acceptors (Lipinski definition) is 2. The van der Waals surface area contributed by atoms with Crippen LogP contribution >= 0.6 is 0 Å². The zero-order valence-electron chi connectivity index (χ0n) is 7.47. The van der Waals surface area contributed by atoms with Crippen LogP contribution in [-0.2, 0) is 0 Å². The standard InChI is InChI=1S/C8H17FN2/c1-6(2)11-4-7(9)8(5-11)10-3/h6-8,10H,4-5H2,1-3H3/t7-,8+/m1/s1. The average Bonchev–Trinajstić information content (AvgIpc) is 2.31. The van der Waals surface area contributed by atoms with E-state index >= 15 is 0 Å². The molecule has 1 fully saturated rings. The lowest BCUT2D eigenvalue weighted by molar-refractivity contribution is 0.245. The number of likely N-dealkylation sites (tertiary alicyclic amines) is 1. The summed E-state index contributed by atoms with van der Waals surface area (Å²) in [6, 6.07) is 0.504. The van der Waals surface area contributed by atoms with E-state index in [9.17, 15) is 4.39 Å². The van der Waals surface area contributed by atoms with Crippen LogP contribution in [0.3, 0.4) is 0 Å². The summed E-state index contributed by atoms with van der Waals surface area (Å²) in [4.78, 5) is 2.16. The van der Waals surface area contributed by atoms with Crippen LogP contribution in [0.2, 0.25) is 0 Å². The van der Waals surface area contributed by atoms with Crippen LogP contribution in [0.5, 0.6) is 0 Å². The lowest BCUT2D eigenvalue weighted by Gasteiger charge is -2.19. The van der Waals surface area contributed by atoms with Crippen molar-refractivity contribution in [1.29, 1.82) is 0 Å². The van der Waals surface area contributed by atoms with Gasteiger partial charge in [0.25, 0.3) is 0 Å². The Morgan fingerprint density at radius 3 is 2.36 bits per heavy atom. The number of hydrogen-bond donors (Lipinski definition) is 1. The van der Waals surface area contributed by atoms with Gasteiger partial charge in [-0.15, -0.1) is 0 Å². The second-order valence-corrected chi connectivity index (χ2v) is 3.46. The second kappa shape index (κ2) is 3.50. The predicted molar refractivity (Wildman–Crippen MR) is 44.5 cm³/mol. The molecular formula is C8H17FN2. The number of likely N-dealkylation sites (N-methyl/N-ethyl adjacent to an activating group) is 1. The summed E-state index contributed by atoms with van der Waals surface area (Å²) in [5, 5.41) is 2.98. The van der Waals surface area contributed by atoms with Crippen LogP contribution in [0, 0.1) is 0 Å². The molecule has 0 aromatic rings. The largest absolute Gasteiger partial charge is 0.313 e. The van der Waals surface area contributed by atoms with Gasteiger partial charge in [-0.3, -0.25) is 4.90 Å². The molecule has 0 radical (unpaired) electrons. The van der Waals surface area contributed by atoms with Crippen LogP contribution in [0.1, 0.15) is 13.8 Å². The fourth-order valence-corrected chi connectivity index (χ4v) is 1.49. The third kappa shape index (κ3) is 1.91. The molecule has 1 N–H and O–H groups in total. The molecule has 0 saturated carbocycles. The highest BCUT2D eigenvalue weighted by Gasteiger charge is 2.32. The summed E-state index contributed by atoms with van der Waals surface area (Å²) in [6.45, 7) is 5.63. The molecule has 0 spiro atoms. The zero-order valence-corrected chi connectivity index (χ0v) is 7.47. The van der Waals surface area contributed by atoms with Crippen molar-refractivity contribution in [3.63, 3.8) is 0 Å². The molecular weight excluding hydrogens is 143 g/mol. The minimum absolute atomic E-state index is 0.0393. The zero-order chi connectivity index (χ0) is 8.43. The first-order chi connectivity index (χ1) is 5.15.